The standard InChI is InChI=1S/C8H17N3S/c1-8(2)4-3-6(5-8)10-7(12)11-9/h6H,3-5,9H2,1-2H3,(H2,10,11,12)/p+1. The lowest BCUT2D eigenvalue weighted by molar-refractivity contribution is -0.419. The molecule has 1 aliphatic carbocycles. The van der Waals surface area contributed by atoms with E-state index in [1.807, 2.05) is 0 Å². The Hall–Kier alpha value is -0.350. The molecule has 70 valence electrons. The predicted octanol–water partition coefficient (Wildman–Crippen LogP) is 0.186. The van der Waals surface area contributed by atoms with Gasteiger partial charge in [0.1, 0.15) is 0 Å². The van der Waals surface area contributed by atoms with Gasteiger partial charge >= 0.3 is 0 Å². The Morgan fingerprint density at radius 1 is 1.58 bits per heavy atom. The molecule has 0 saturated heterocycles. The fraction of sp³-hybridized carbons (Fsp3) is 0.875. The first-order valence-electron chi connectivity index (χ1n) is 4.37. The lowest BCUT2D eigenvalue weighted by atomic mass is 9.92. The molecule has 1 rings (SSSR count). The van der Waals surface area contributed by atoms with Crippen LogP contribution >= 0.6 is 12.2 Å². The van der Waals surface area contributed by atoms with Crippen LogP contribution < -0.4 is 16.6 Å². The first kappa shape index (κ1) is 9.74. The van der Waals surface area contributed by atoms with E-state index in [9.17, 15) is 0 Å². The van der Waals surface area contributed by atoms with E-state index in [-0.39, 0.29) is 0 Å². The van der Waals surface area contributed by atoms with E-state index in [0.29, 0.717) is 16.6 Å². The molecular formula is C8H18N3S+. The SMILES string of the molecule is CC1(C)CCC(NC(=S)N[NH3+])C1. The molecule has 0 heterocycles. The molecule has 5 N–H and O–H groups in total. The first-order valence-corrected chi connectivity index (χ1v) is 4.78. The summed E-state index contributed by atoms with van der Waals surface area (Å²) in [5, 5.41) is 3.91. The minimum Gasteiger partial charge on any atom is -0.356 e. The number of hydrogen-bond acceptors (Lipinski definition) is 1. The van der Waals surface area contributed by atoms with Crippen LogP contribution in [0, 0.1) is 5.41 Å². The molecule has 0 bridgehead atoms. The van der Waals surface area contributed by atoms with Gasteiger partial charge in [-0.25, -0.2) is 5.43 Å². The Labute approximate surface area is 79.1 Å². The van der Waals surface area contributed by atoms with Crippen molar-refractivity contribution in [1.29, 1.82) is 0 Å². The highest BCUT2D eigenvalue weighted by Gasteiger charge is 2.30. The Morgan fingerprint density at radius 2 is 2.25 bits per heavy atom. The molecule has 0 aromatic heterocycles. The number of rotatable bonds is 1. The third-order valence-electron chi connectivity index (χ3n) is 2.46. The summed E-state index contributed by atoms with van der Waals surface area (Å²) in [5.74, 6) is 3.51. The summed E-state index contributed by atoms with van der Waals surface area (Å²) in [6.07, 6.45) is 3.70. The predicted molar refractivity (Wildman–Crippen MR) is 53.2 cm³/mol. The molecule has 0 aromatic rings. The summed E-state index contributed by atoms with van der Waals surface area (Å²) >= 11 is 4.98. The normalized spacial score (nSPS) is 26.8. The maximum absolute atomic E-state index is 4.98. The van der Waals surface area contributed by atoms with E-state index in [0.717, 1.165) is 0 Å². The number of nitrogens with one attached hydrogen (secondary N) is 2. The van der Waals surface area contributed by atoms with Crippen molar-refractivity contribution in [3.63, 3.8) is 0 Å². The van der Waals surface area contributed by atoms with Crippen molar-refractivity contribution < 1.29 is 5.84 Å². The summed E-state index contributed by atoms with van der Waals surface area (Å²) in [6, 6.07) is 0.543. The molecule has 1 aliphatic rings. The van der Waals surface area contributed by atoms with Gasteiger partial charge in [-0.15, -0.1) is 0 Å². The van der Waals surface area contributed by atoms with Crippen molar-refractivity contribution in [3.05, 3.63) is 0 Å². The van der Waals surface area contributed by atoms with Gasteiger partial charge in [-0.05, 0) is 36.9 Å². The molecule has 12 heavy (non-hydrogen) atoms. The van der Waals surface area contributed by atoms with Crippen LogP contribution in [0.25, 0.3) is 0 Å². The first-order chi connectivity index (χ1) is 5.53. The zero-order chi connectivity index (χ0) is 9.19. The third kappa shape index (κ3) is 2.60. The maximum Gasteiger partial charge on any atom is 0.213 e. The average Bonchev–Trinajstić information content (AvgIpc) is 2.30. The molecular weight excluding hydrogens is 170 g/mol. The van der Waals surface area contributed by atoms with Gasteiger partial charge in [0, 0.05) is 6.04 Å². The van der Waals surface area contributed by atoms with Crippen LogP contribution in [0.15, 0.2) is 0 Å². The van der Waals surface area contributed by atoms with Crippen molar-refractivity contribution >= 4 is 17.3 Å². The van der Waals surface area contributed by atoms with Gasteiger partial charge in [0.2, 0.25) is 5.11 Å². The van der Waals surface area contributed by atoms with E-state index in [4.69, 9.17) is 12.2 Å². The van der Waals surface area contributed by atoms with Crippen molar-refractivity contribution in [1.82, 2.24) is 10.7 Å². The van der Waals surface area contributed by atoms with Gasteiger partial charge in [0.15, 0.2) is 0 Å². The highest BCUT2D eigenvalue weighted by Crippen LogP contribution is 2.36. The zero-order valence-electron chi connectivity index (χ0n) is 7.81. The smallest absolute Gasteiger partial charge is 0.213 e. The molecule has 4 heteroatoms. The Morgan fingerprint density at radius 3 is 2.67 bits per heavy atom. The van der Waals surface area contributed by atoms with Gasteiger partial charge in [-0.1, -0.05) is 13.8 Å². The van der Waals surface area contributed by atoms with Crippen molar-refractivity contribution in [2.45, 2.75) is 39.2 Å². The Balaban J connectivity index is 2.33. The Kier molecular flexibility index (Phi) is 2.90. The van der Waals surface area contributed by atoms with Crippen LogP contribution in [0.3, 0.4) is 0 Å². The molecule has 3 nitrogen and oxygen atoms in total. The van der Waals surface area contributed by atoms with E-state index in [2.05, 4.69) is 30.4 Å². The fourth-order valence-corrected chi connectivity index (χ4v) is 1.96. The number of hydrogen-bond donors (Lipinski definition) is 3. The highest BCUT2D eigenvalue weighted by atomic mass is 32.1. The number of thiocarbonyl (C=S) groups is 1. The lowest BCUT2D eigenvalue weighted by Gasteiger charge is -2.17. The maximum atomic E-state index is 4.98. The molecule has 0 aliphatic heterocycles. The lowest BCUT2D eigenvalue weighted by Crippen LogP contribution is -2.69. The van der Waals surface area contributed by atoms with Gasteiger partial charge < -0.3 is 5.32 Å². The van der Waals surface area contributed by atoms with E-state index in [1.165, 1.54) is 19.3 Å². The van der Waals surface area contributed by atoms with Crippen molar-refractivity contribution in [2.24, 2.45) is 5.41 Å². The van der Waals surface area contributed by atoms with Crippen LogP contribution in [0.5, 0.6) is 0 Å². The highest BCUT2D eigenvalue weighted by molar-refractivity contribution is 7.80. The summed E-state index contributed by atoms with van der Waals surface area (Å²) < 4.78 is 0. The number of quaternary nitrogens is 1. The topological polar surface area (TPSA) is 51.7 Å². The zero-order valence-corrected chi connectivity index (χ0v) is 8.63. The van der Waals surface area contributed by atoms with Crippen molar-refractivity contribution in [3.8, 4) is 0 Å². The van der Waals surface area contributed by atoms with E-state index < -0.39 is 0 Å². The Bertz CT molecular complexity index is 179. The van der Waals surface area contributed by atoms with Crippen LogP contribution in [-0.2, 0) is 0 Å². The van der Waals surface area contributed by atoms with Crippen LogP contribution in [-0.4, -0.2) is 11.2 Å². The second-order valence-corrected chi connectivity index (χ2v) is 4.66. The fourth-order valence-electron chi connectivity index (χ4n) is 1.80. The molecule has 1 atom stereocenters. The third-order valence-corrected chi connectivity index (χ3v) is 2.73. The molecule has 0 radical (unpaired) electrons. The van der Waals surface area contributed by atoms with Gasteiger partial charge in [-0.2, -0.15) is 0 Å². The molecule has 1 fully saturated rings. The minimum atomic E-state index is 0.481. The van der Waals surface area contributed by atoms with E-state index in [1.54, 1.807) is 0 Å². The van der Waals surface area contributed by atoms with E-state index >= 15 is 0 Å². The quantitative estimate of drug-likeness (QED) is 0.406. The van der Waals surface area contributed by atoms with Crippen molar-refractivity contribution in [2.75, 3.05) is 0 Å². The summed E-state index contributed by atoms with van der Waals surface area (Å²) in [7, 11) is 0. The van der Waals surface area contributed by atoms with Crippen LogP contribution in [0.4, 0.5) is 0 Å². The molecule has 0 amide bonds. The second-order valence-electron chi connectivity index (χ2n) is 4.25. The average molecular weight is 188 g/mol. The summed E-state index contributed by atoms with van der Waals surface area (Å²) in [6.45, 7) is 4.60. The summed E-state index contributed by atoms with van der Waals surface area (Å²) in [4.78, 5) is 0. The minimum absolute atomic E-state index is 0.481. The summed E-state index contributed by atoms with van der Waals surface area (Å²) in [5.41, 5.74) is 3.17. The largest absolute Gasteiger partial charge is 0.356 e. The molecule has 1 unspecified atom stereocenters. The second kappa shape index (κ2) is 3.58. The van der Waals surface area contributed by atoms with Crippen LogP contribution in [0.1, 0.15) is 33.1 Å². The van der Waals surface area contributed by atoms with Gasteiger partial charge in [0.05, 0.1) is 0 Å². The molecule has 0 spiro atoms. The van der Waals surface area contributed by atoms with Gasteiger partial charge in [0.25, 0.3) is 0 Å². The molecule has 0 aromatic carbocycles. The molecule has 1 saturated carbocycles. The van der Waals surface area contributed by atoms with Crippen LogP contribution in [0.2, 0.25) is 0 Å². The van der Waals surface area contributed by atoms with Gasteiger partial charge in [-0.3, -0.25) is 5.84 Å². The monoisotopic (exact) mass is 188 g/mol.